The maximum atomic E-state index is 14.2. The van der Waals surface area contributed by atoms with Gasteiger partial charge < -0.3 is 19.1 Å². The van der Waals surface area contributed by atoms with Gasteiger partial charge in [-0.2, -0.15) is 0 Å². The van der Waals surface area contributed by atoms with Crippen molar-refractivity contribution < 1.29 is 28.2 Å². The Morgan fingerprint density at radius 1 is 1.17 bits per heavy atom. The van der Waals surface area contributed by atoms with Crippen LogP contribution in [0, 0.1) is 19.7 Å². The Balaban J connectivity index is 2.62. The van der Waals surface area contributed by atoms with Crippen LogP contribution in [0.2, 0.25) is 0 Å². The van der Waals surface area contributed by atoms with E-state index in [-0.39, 0.29) is 30.4 Å². The lowest BCUT2D eigenvalue weighted by molar-refractivity contribution is -0.140. The number of hydrogen-bond acceptors (Lipinski definition) is 6. The number of methoxy groups -OCH3 is 2. The molecule has 6 nitrogen and oxygen atoms in total. The number of halogens is 1. The van der Waals surface area contributed by atoms with Gasteiger partial charge in [-0.25, -0.2) is 14.0 Å². The standard InChI is InChI=1S/C16H18FNO5/c1-9-5-6-12(10(2)13(9)17)18-8-23-7-11(15(19)21-3)14(18)16(20)22-4/h5-6H,7-8H2,1-4H3. The number of ether oxygens (including phenoxy) is 3. The van der Waals surface area contributed by atoms with Gasteiger partial charge in [0, 0.05) is 11.3 Å². The number of nitrogens with zero attached hydrogens (tertiary/aromatic N) is 1. The van der Waals surface area contributed by atoms with Crippen LogP contribution in [0.25, 0.3) is 0 Å². The zero-order valence-electron chi connectivity index (χ0n) is 13.4. The van der Waals surface area contributed by atoms with Gasteiger partial charge in [0.25, 0.3) is 0 Å². The van der Waals surface area contributed by atoms with Crippen LogP contribution in [0.1, 0.15) is 11.1 Å². The van der Waals surface area contributed by atoms with E-state index in [1.165, 1.54) is 19.1 Å². The third kappa shape index (κ3) is 3.05. The molecule has 0 atom stereocenters. The Hall–Kier alpha value is -2.41. The third-order valence-electron chi connectivity index (χ3n) is 3.67. The number of carbonyl (C=O) groups is 2. The van der Waals surface area contributed by atoms with E-state index in [1.807, 2.05) is 0 Å². The van der Waals surface area contributed by atoms with Gasteiger partial charge >= 0.3 is 11.9 Å². The molecule has 0 amide bonds. The van der Waals surface area contributed by atoms with Gasteiger partial charge in [0.1, 0.15) is 18.2 Å². The van der Waals surface area contributed by atoms with Crippen LogP contribution >= 0.6 is 0 Å². The summed E-state index contributed by atoms with van der Waals surface area (Å²) in [5.41, 5.74) is 1.29. The minimum absolute atomic E-state index is 0.00282. The average Bonchev–Trinajstić information content (AvgIpc) is 2.57. The highest BCUT2D eigenvalue weighted by atomic mass is 19.1. The fourth-order valence-corrected chi connectivity index (χ4v) is 2.44. The fourth-order valence-electron chi connectivity index (χ4n) is 2.44. The lowest BCUT2D eigenvalue weighted by Crippen LogP contribution is -2.39. The molecule has 1 aromatic rings. The van der Waals surface area contributed by atoms with Crippen molar-refractivity contribution >= 4 is 17.6 Å². The summed E-state index contributed by atoms with van der Waals surface area (Å²) >= 11 is 0. The van der Waals surface area contributed by atoms with Crippen LogP contribution in [0.15, 0.2) is 23.4 Å². The van der Waals surface area contributed by atoms with E-state index in [4.69, 9.17) is 9.47 Å². The number of benzene rings is 1. The summed E-state index contributed by atoms with van der Waals surface area (Å²) in [6.07, 6.45) is 0. The minimum Gasteiger partial charge on any atom is -0.466 e. The van der Waals surface area contributed by atoms with E-state index < -0.39 is 11.9 Å². The van der Waals surface area contributed by atoms with Gasteiger partial charge in [-0.15, -0.1) is 0 Å². The van der Waals surface area contributed by atoms with E-state index in [1.54, 1.807) is 26.0 Å². The molecule has 0 aromatic heterocycles. The van der Waals surface area contributed by atoms with E-state index in [2.05, 4.69) is 4.74 Å². The monoisotopic (exact) mass is 323 g/mol. The summed E-state index contributed by atoms with van der Waals surface area (Å²) in [5.74, 6) is -1.79. The molecule has 0 spiro atoms. The van der Waals surface area contributed by atoms with Gasteiger partial charge in [-0.05, 0) is 25.5 Å². The van der Waals surface area contributed by atoms with Crippen LogP contribution in [-0.4, -0.2) is 39.5 Å². The third-order valence-corrected chi connectivity index (χ3v) is 3.67. The molecule has 7 heteroatoms. The van der Waals surface area contributed by atoms with Crippen LogP contribution in [0.3, 0.4) is 0 Å². The first-order chi connectivity index (χ1) is 10.9. The summed E-state index contributed by atoms with van der Waals surface area (Å²) in [7, 11) is 2.42. The fraction of sp³-hybridized carbons (Fsp3) is 0.375. The molecular weight excluding hydrogens is 305 g/mol. The summed E-state index contributed by atoms with van der Waals surface area (Å²) < 4.78 is 29.0. The first-order valence-electron chi connectivity index (χ1n) is 6.93. The second-order valence-corrected chi connectivity index (χ2v) is 5.06. The molecule has 1 aromatic carbocycles. The van der Waals surface area contributed by atoms with Crippen molar-refractivity contribution in [1.82, 2.24) is 0 Å². The first-order valence-corrected chi connectivity index (χ1v) is 6.93. The van der Waals surface area contributed by atoms with Gasteiger partial charge in [0.15, 0.2) is 0 Å². The number of rotatable bonds is 3. The minimum atomic E-state index is -0.714. The SMILES string of the molecule is COC(=O)C1=C(C(=O)OC)N(c2ccc(C)c(F)c2C)COC1. The van der Waals surface area contributed by atoms with Crippen molar-refractivity contribution in [3.63, 3.8) is 0 Å². The van der Waals surface area contributed by atoms with Crippen molar-refractivity contribution in [2.24, 2.45) is 0 Å². The van der Waals surface area contributed by atoms with Crippen molar-refractivity contribution in [3.8, 4) is 0 Å². The van der Waals surface area contributed by atoms with Gasteiger partial charge in [0.05, 0.1) is 26.4 Å². The largest absolute Gasteiger partial charge is 0.466 e. The molecule has 0 saturated carbocycles. The molecule has 0 saturated heterocycles. The number of carbonyl (C=O) groups excluding carboxylic acids is 2. The Morgan fingerprint density at radius 3 is 2.43 bits per heavy atom. The number of esters is 2. The summed E-state index contributed by atoms with van der Waals surface area (Å²) in [5, 5.41) is 0. The lowest BCUT2D eigenvalue weighted by Gasteiger charge is -2.32. The predicted molar refractivity (Wildman–Crippen MR) is 80.2 cm³/mol. The molecular formula is C16H18FNO5. The molecule has 23 heavy (non-hydrogen) atoms. The summed E-state index contributed by atoms with van der Waals surface area (Å²) in [6, 6.07) is 3.26. The molecule has 1 aliphatic heterocycles. The zero-order chi connectivity index (χ0) is 17.1. The van der Waals surface area contributed by atoms with Gasteiger partial charge in [-0.1, -0.05) is 6.07 Å². The molecule has 1 heterocycles. The molecule has 1 aliphatic rings. The van der Waals surface area contributed by atoms with E-state index in [9.17, 15) is 14.0 Å². The molecule has 0 unspecified atom stereocenters. The highest BCUT2D eigenvalue weighted by Crippen LogP contribution is 2.31. The lowest BCUT2D eigenvalue weighted by atomic mass is 10.1. The zero-order valence-corrected chi connectivity index (χ0v) is 13.4. The average molecular weight is 323 g/mol. The molecule has 0 radical (unpaired) electrons. The highest BCUT2D eigenvalue weighted by Gasteiger charge is 2.33. The first kappa shape index (κ1) is 17.0. The van der Waals surface area contributed by atoms with E-state index in [0.29, 0.717) is 16.8 Å². The van der Waals surface area contributed by atoms with Gasteiger partial charge in [-0.3, -0.25) is 0 Å². The van der Waals surface area contributed by atoms with E-state index in [0.717, 1.165) is 0 Å². The number of aryl methyl sites for hydroxylation is 1. The Labute approximate surface area is 133 Å². The smallest absolute Gasteiger partial charge is 0.355 e. The predicted octanol–water partition coefficient (Wildman–Crippen LogP) is 1.84. The molecule has 0 fully saturated rings. The molecule has 2 rings (SSSR count). The quantitative estimate of drug-likeness (QED) is 0.791. The normalized spacial score (nSPS) is 14.7. The molecule has 0 N–H and O–H groups in total. The van der Waals surface area contributed by atoms with Gasteiger partial charge in [0.2, 0.25) is 0 Å². The summed E-state index contributed by atoms with van der Waals surface area (Å²) in [4.78, 5) is 25.5. The Kier molecular flexibility index (Phi) is 5.00. The van der Waals surface area contributed by atoms with Crippen molar-refractivity contribution in [2.75, 3.05) is 32.5 Å². The molecule has 124 valence electrons. The van der Waals surface area contributed by atoms with Crippen LogP contribution in [-0.2, 0) is 23.8 Å². The maximum absolute atomic E-state index is 14.2. The molecule has 0 bridgehead atoms. The number of hydrogen-bond donors (Lipinski definition) is 0. The number of anilines is 1. The Morgan fingerprint density at radius 2 is 1.83 bits per heavy atom. The van der Waals surface area contributed by atoms with Crippen molar-refractivity contribution in [3.05, 3.63) is 40.3 Å². The topological polar surface area (TPSA) is 65.1 Å². The highest BCUT2D eigenvalue weighted by molar-refractivity contribution is 6.03. The second-order valence-electron chi connectivity index (χ2n) is 5.06. The van der Waals surface area contributed by atoms with Crippen molar-refractivity contribution in [2.45, 2.75) is 13.8 Å². The van der Waals surface area contributed by atoms with Crippen molar-refractivity contribution in [1.29, 1.82) is 0 Å². The Bertz CT molecular complexity index is 683. The van der Waals surface area contributed by atoms with Crippen LogP contribution in [0.5, 0.6) is 0 Å². The molecule has 0 aliphatic carbocycles. The maximum Gasteiger partial charge on any atom is 0.355 e. The van der Waals surface area contributed by atoms with Crippen LogP contribution < -0.4 is 4.90 Å². The van der Waals surface area contributed by atoms with E-state index >= 15 is 0 Å². The second kappa shape index (κ2) is 6.78. The van der Waals surface area contributed by atoms with Crippen LogP contribution in [0.4, 0.5) is 10.1 Å². The summed E-state index contributed by atoms with van der Waals surface area (Å²) in [6.45, 7) is 3.16.